The normalized spacial score (nSPS) is 16.9. The van der Waals surface area contributed by atoms with Gasteiger partial charge >= 0.3 is 0 Å². The maximum Gasteiger partial charge on any atom is 0.242 e. The molecule has 0 spiro atoms. The van der Waals surface area contributed by atoms with Crippen molar-refractivity contribution in [1.29, 1.82) is 0 Å². The standard InChI is InChI=1S/C20H22N2O2/c1-4-20(23)22-18(16-7-5-6-8-19(16)24-3)13-17(21-22)15-11-9-14(2)10-12-15/h5-12,18H,4,13H2,1-3H3. The molecule has 0 aliphatic carbocycles. The van der Waals surface area contributed by atoms with Crippen LogP contribution in [0.2, 0.25) is 0 Å². The van der Waals surface area contributed by atoms with Crippen molar-refractivity contribution in [3.63, 3.8) is 0 Å². The highest BCUT2D eigenvalue weighted by molar-refractivity contribution is 6.03. The molecule has 2 aromatic rings. The third kappa shape index (κ3) is 3.04. The van der Waals surface area contributed by atoms with Gasteiger partial charge < -0.3 is 4.74 Å². The molecule has 1 atom stereocenters. The lowest BCUT2D eigenvalue weighted by Crippen LogP contribution is -2.26. The number of carbonyl (C=O) groups excluding carboxylic acids is 1. The largest absolute Gasteiger partial charge is 0.496 e. The molecule has 0 aromatic heterocycles. The van der Waals surface area contributed by atoms with Crippen molar-refractivity contribution in [3.05, 3.63) is 65.2 Å². The zero-order valence-electron chi connectivity index (χ0n) is 14.3. The molecule has 0 radical (unpaired) electrons. The van der Waals surface area contributed by atoms with Gasteiger partial charge in [0.05, 0.1) is 18.9 Å². The van der Waals surface area contributed by atoms with Gasteiger partial charge in [-0.25, -0.2) is 5.01 Å². The Hall–Kier alpha value is -2.62. The lowest BCUT2D eigenvalue weighted by atomic mass is 9.97. The predicted molar refractivity (Wildman–Crippen MR) is 95.2 cm³/mol. The molecule has 4 nitrogen and oxygen atoms in total. The molecule has 3 rings (SSSR count). The van der Waals surface area contributed by atoms with Crippen molar-refractivity contribution in [2.75, 3.05) is 7.11 Å². The number of benzene rings is 2. The number of amides is 1. The second kappa shape index (κ2) is 6.87. The van der Waals surface area contributed by atoms with Gasteiger partial charge in [-0.05, 0) is 18.6 Å². The van der Waals surface area contributed by atoms with E-state index < -0.39 is 0 Å². The van der Waals surface area contributed by atoms with Crippen LogP contribution < -0.4 is 4.74 Å². The molecule has 1 unspecified atom stereocenters. The molecule has 0 bridgehead atoms. The predicted octanol–water partition coefficient (Wildman–Crippen LogP) is 4.09. The summed E-state index contributed by atoms with van der Waals surface area (Å²) in [5, 5.41) is 6.25. The van der Waals surface area contributed by atoms with E-state index in [1.54, 1.807) is 12.1 Å². The average Bonchev–Trinajstić information content (AvgIpc) is 3.06. The molecule has 1 aliphatic heterocycles. The number of hydrogen-bond acceptors (Lipinski definition) is 3. The Balaban J connectivity index is 1.98. The van der Waals surface area contributed by atoms with Crippen LogP contribution in [0.4, 0.5) is 0 Å². The van der Waals surface area contributed by atoms with Crippen LogP contribution in [0.5, 0.6) is 5.75 Å². The highest BCUT2D eigenvalue weighted by Gasteiger charge is 2.33. The van der Waals surface area contributed by atoms with Crippen LogP contribution in [0.25, 0.3) is 0 Å². The first-order valence-electron chi connectivity index (χ1n) is 8.23. The van der Waals surface area contributed by atoms with E-state index in [1.165, 1.54) is 5.56 Å². The monoisotopic (exact) mass is 322 g/mol. The minimum Gasteiger partial charge on any atom is -0.496 e. The molecular formula is C20H22N2O2. The second-order valence-corrected chi connectivity index (χ2v) is 5.97. The molecule has 0 fully saturated rings. The van der Waals surface area contributed by atoms with Gasteiger partial charge in [0, 0.05) is 18.4 Å². The quantitative estimate of drug-likeness (QED) is 0.851. The average molecular weight is 322 g/mol. The lowest BCUT2D eigenvalue weighted by molar-refractivity contribution is -0.132. The summed E-state index contributed by atoms with van der Waals surface area (Å²) in [7, 11) is 1.65. The first-order valence-corrected chi connectivity index (χ1v) is 8.23. The smallest absolute Gasteiger partial charge is 0.242 e. The van der Waals surface area contributed by atoms with E-state index in [0.29, 0.717) is 12.8 Å². The summed E-state index contributed by atoms with van der Waals surface area (Å²) in [6.07, 6.45) is 1.12. The van der Waals surface area contributed by atoms with Gasteiger partial charge in [0.1, 0.15) is 5.75 Å². The highest BCUT2D eigenvalue weighted by atomic mass is 16.5. The number of ether oxygens (including phenoxy) is 1. The van der Waals surface area contributed by atoms with Gasteiger partial charge in [-0.3, -0.25) is 4.79 Å². The molecule has 1 aliphatic rings. The number of methoxy groups -OCH3 is 1. The summed E-state index contributed by atoms with van der Waals surface area (Å²) in [4.78, 5) is 12.4. The van der Waals surface area contributed by atoms with Gasteiger partial charge in [0.2, 0.25) is 5.91 Å². The number of rotatable bonds is 4. The van der Waals surface area contributed by atoms with Crippen molar-refractivity contribution in [2.24, 2.45) is 5.10 Å². The maximum absolute atomic E-state index is 12.4. The number of hydrazone groups is 1. The topological polar surface area (TPSA) is 41.9 Å². The zero-order chi connectivity index (χ0) is 17.1. The number of hydrogen-bond donors (Lipinski definition) is 0. The van der Waals surface area contributed by atoms with E-state index in [0.717, 1.165) is 22.6 Å². The Bertz CT molecular complexity index is 765. The van der Waals surface area contributed by atoms with Crippen molar-refractivity contribution < 1.29 is 9.53 Å². The van der Waals surface area contributed by atoms with E-state index in [4.69, 9.17) is 4.74 Å². The van der Waals surface area contributed by atoms with E-state index in [1.807, 2.05) is 31.2 Å². The maximum atomic E-state index is 12.4. The summed E-state index contributed by atoms with van der Waals surface area (Å²) >= 11 is 0. The number of aryl methyl sites for hydroxylation is 1. The molecule has 0 saturated carbocycles. The Morgan fingerprint density at radius 1 is 1.21 bits per heavy atom. The molecule has 0 saturated heterocycles. The van der Waals surface area contributed by atoms with E-state index in [2.05, 4.69) is 36.3 Å². The fourth-order valence-corrected chi connectivity index (χ4v) is 3.01. The van der Waals surface area contributed by atoms with Crippen LogP contribution in [0.3, 0.4) is 0 Å². The lowest BCUT2D eigenvalue weighted by Gasteiger charge is -2.23. The summed E-state index contributed by atoms with van der Waals surface area (Å²) in [6.45, 7) is 3.92. The van der Waals surface area contributed by atoms with Gasteiger partial charge in [-0.2, -0.15) is 5.10 Å². The van der Waals surface area contributed by atoms with Gasteiger partial charge in [-0.15, -0.1) is 0 Å². The molecule has 1 heterocycles. The van der Waals surface area contributed by atoms with E-state index in [9.17, 15) is 4.79 Å². The Morgan fingerprint density at radius 3 is 2.58 bits per heavy atom. The molecule has 2 aromatic carbocycles. The summed E-state index contributed by atoms with van der Waals surface area (Å²) in [5.74, 6) is 0.810. The van der Waals surface area contributed by atoms with Crippen molar-refractivity contribution in [3.8, 4) is 5.75 Å². The minimum absolute atomic E-state index is 0.0213. The highest BCUT2D eigenvalue weighted by Crippen LogP contribution is 2.37. The Morgan fingerprint density at radius 2 is 1.92 bits per heavy atom. The van der Waals surface area contributed by atoms with Gasteiger partial charge in [0.25, 0.3) is 0 Å². The third-order valence-corrected chi connectivity index (χ3v) is 4.35. The Kier molecular flexibility index (Phi) is 4.65. The van der Waals surface area contributed by atoms with Crippen molar-refractivity contribution in [1.82, 2.24) is 5.01 Å². The van der Waals surface area contributed by atoms with Crippen LogP contribution >= 0.6 is 0 Å². The zero-order valence-corrected chi connectivity index (χ0v) is 14.3. The molecule has 0 N–H and O–H groups in total. The Labute approximate surface area is 142 Å². The van der Waals surface area contributed by atoms with Crippen LogP contribution in [-0.2, 0) is 4.79 Å². The van der Waals surface area contributed by atoms with Crippen LogP contribution in [0, 0.1) is 6.92 Å². The second-order valence-electron chi connectivity index (χ2n) is 5.97. The van der Waals surface area contributed by atoms with E-state index in [-0.39, 0.29) is 11.9 Å². The number of nitrogens with zero attached hydrogens (tertiary/aromatic N) is 2. The fraction of sp³-hybridized carbons (Fsp3) is 0.300. The summed E-state index contributed by atoms with van der Waals surface area (Å²) in [5.41, 5.74) is 4.20. The van der Waals surface area contributed by atoms with Crippen molar-refractivity contribution in [2.45, 2.75) is 32.7 Å². The SMILES string of the molecule is CCC(=O)N1N=C(c2ccc(C)cc2)CC1c1ccccc1OC. The van der Waals surface area contributed by atoms with Crippen LogP contribution in [0.1, 0.15) is 42.5 Å². The number of para-hydroxylation sites is 1. The minimum atomic E-state index is -0.120. The van der Waals surface area contributed by atoms with Gasteiger partial charge in [-0.1, -0.05) is 55.0 Å². The molecular weight excluding hydrogens is 300 g/mol. The third-order valence-electron chi connectivity index (χ3n) is 4.35. The first-order chi connectivity index (χ1) is 11.6. The first kappa shape index (κ1) is 16.2. The summed E-state index contributed by atoms with van der Waals surface area (Å²) < 4.78 is 5.49. The van der Waals surface area contributed by atoms with Gasteiger partial charge in [0.15, 0.2) is 0 Å². The summed E-state index contributed by atoms with van der Waals surface area (Å²) in [6, 6.07) is 16.0. The number of carbonyl (C=O) groups is 1. The van der Waals surface area contributed by atoms with Crippen LogP contribution in [0.15, 0.2) is 53.6 Å². The molecule has 1 amide bonds. The van der Waals surface area contributed by atoms with Crippen molar-refractivity contribution >= 4 is 11.6 Å². The molecule has 124 valence electrons. The van der Waals surface area contributed by atoms with E-state index >= 15 is 0 Å². The molecule has 4 heteroatoms. The van der Waals surface area contributed by atoms with Crippen LogP contribution in [-0.4, -0.2) is 23.7 Å². The fourth-order valence-electron chi connectivity index (χ4n) is 3.01. The molecule has 24 heavy (non-hydrogen) atoms.